The van der Waals surface area contributed by atoms with Crippen molar-refractivity contribution in [1.82, 2.24) is 20.8 Å². The minimum absolute atomic E-state index is 0.325. The molecule has 1 saturated heterocycles. The predicted octanol–water partition coefficient (Wildman–Crippen LogP) is 4.16. The minimum atomic E-state index is -1.79. The van der Waals surface area contributed by atoms with Gasteiger partial charge >= 0.3 is 6.03 Å². The molecule has 2 aromatic carbocycles. The second kappa shape index (κ2) is 9.80. The Hall–Kier alpha value is -4.21. The average Bonchev–Trinajstić information content (AvgIpc) is 3.38. The summed E-state index contributed by atoms with van der Waals surface area (Å²) in [5.74, 6) is 0.710. The van der Waals surface area contributed by atoms with E-state index in [1.165, 1.54) is 0 Å². The monoisotopic (exact) mass is 490 g/mol. The van der Waals surface area contributed by atoms with E-state index >= 15 is 0 Å². The normalized spacial score (nSPS) is 17.9. The van der Waals surface area contributed by atoms with Crippen molar-refractivity contribution in [1.29, 1.82) is 0 Å². The number of nitrogens with one attached hydrogen (secondary N) is 2. The third kappa shape index (κ3) is 4.53. The highest BCUT2D eigenvalue weighted by Gasteiger charge is 2.58. The van der Waals surface area contributed by atoms with Crippen LogP contribution in [0.2, 0.25) is 0 Å². The lowest BCUT2D eigenvalue weighted by Gasteiger charge is -2.41. The van der Waals surface area contributed by atoms with Gasteiger partial charge in [0.05, 0.1) is 0 Å². The molecular weight excluding hydrogens is 464 g/mol. The maximum atomic E-state index is 12.9. The number of barbiturate groups is 1. The summed E-state index contributed by atoms with van der Waals surface area (Å²) >= 11 is 0. The van der Waals surface area contributed by atoms with Crippen LogP contribution < -0.4 is 20.1 Å². The summed E-state index contributed by atoms with van der Waals surface area (Å²) in [4.78, 5) is 37.6. The molecule has 4 amide bonds. The molecule has 5 rings (SSSR count). The van der Waals surface area contributed by atoms with Crippen LogP contribution in [-0.4, -0.2) is 33.6 Å². The number of ether oxygens (including phenoxy) is 2. The summed E-state index contributed by atoms with van der Waals surface area (Å²) in [5.41, 5.74) is -1.01. The van der Waals surface area contributed by atoms with Gasteiger partial charge in [-0.2, -0.15) is 0 Å². The van der Waals surface area contributed by atoms with E-state index in [9.17, 15) is 14.4 Å². The van der Waals surface area contributed by atoms with Crippen LogP contribution in [0.1, 0.15) is 44.9 Å². The molecule has 1 saturated carbocycles. The van der Waals surface area contributed by atoms with Gasteiger partial charge in [0, 0.05) is 17.9 Å². The molecule has 3 aromatic rings. The van der Waals surface area contributed by atoms with Crippen molar-refractivity contribution in [3.63, 3.8) is 0 Å². The summed E-state index contributed by atoms with van der Waals surface area (Å²) in [6.45, 7) is 1.94. The zero-order valence-corrected chi connectivity index (χ0v) is 19.8. The standard InChI is InChI=1S/C26H26N4O6/c1-2-21-29-30-22(35-21)16-8-10-18(11-9-16)34-19-12-14-20(15-13-19)36-26(17-6-4-3-5-7-17)23(31)27-25(33)28-24(26)32/h8-15,17H,2-7H2,1H3,(H2,27,28,31,32,33). The third-order valence-electron chi connectivity index (χ3n) is 6.52. The van der Waals surface area contributed by atoms with Gasteiger partial charge in [-0.05, 0) is 61.4 Å². The molecule has 2 fully saturated rings. The molecule has 0 bridgehead atoms. The largest absolute Gasteiger partial charge is 0.467 e. The number of amides is 4. The van der Waals surface area contributed by atoms with Crippen molar-refractivity contribution in [3.8, 4) is 28.7 Å². The number of hydrogen-bond acceptors (Lipinski definition) is 8. The number of aromatic nitrogens is 2. The number of rotatable bonds is 7. The maximum Gasteiger partial charge on any atom is 0.328 e. The lowest BCUT2D eigenvalue weighted by molar-refractivity contribution is -0.158. The van der Waals surface area contributed by atoms with Crippen molar-refractivity contribution in [2.45, 2.75) is 51.0 Å². The molecule has 10 nitrogen and oxygen atoms in total. The van der Waals surface area contributed by atoms with E-state index in [0.29, 0.717) is 48.3 Å². The Morgan fingerprint density at radius 3 is 2.03 bits per heavy atom. The lowest BCUT2D eigenvalue weighted by Crippen LogP contribution is -2.72. The van der Waals surface area contributed by atoms with Gasteiger partial charge in [0.1, 0.15) is 17.2 Å². The van der Waals surface area contributed by atoms with Gasteiger partial charge in [-0.1, -0.05) is 26.2 Å². The van der Waals surface area contributed by atoms with Crippen LogP contribution in [0, 0.1) is 5.92 Å². The predicted molar refractivity (Wildman–Crippen MR) is 127 cm³/mol. The van der Waals surface area contributed by atoms with E-state index in [4.69, 9.17) is 13.9 Å². The molecule has 0 unspecified atom stereocenters. The molecular formula is C26H26N4O6. The Morgan fingerprint density at radius 1 is 0.861 bits per heavy atom. The number of benzene rings is 2. The van der Waals surface area contributed by atoms with E-state index in [1.807, 2.05) is 19.1 Å². The SMILES string of the molecule is CCc1nnc(-c2ccc(Oc3ccc(OC4(C5CCCCC5)C(=O)NC(=O)NC4=O)cc3)cc2)o1. The van der Waals surface area contributed by atoms with Crippen LogP contribution in [0.3, 0.4) is 0 Å². The summed E-state index contributed by atoms with van der Waals surface area (Å²) in [6, 6.07) is 13.1. The maximum absolute atomic E-state index is 12.9. The van der Waals surface area contributed by atoms with Crippen LogP contribution >= 0.6 is 0 Å². The van der Waals surface area contributed by atoms with Crippen molar-refractivity contribution in [3.05, 3.63) is 54.4 Å². The summed E-state index contributed by atoms with van der Waals surface area (Å²) in [6.07, 6.45) is 4.81. The Labute approximate surface area is 207 Å². The van der Waals surface area contributed by atoms with Crippen LogP contribution in [-0.2, 0) is 16.0 Å². The molecule has 2 N–H and O–H groups in total. The van der Waals surface area contributed by atoms with Crippen LogP contribution in [0.15, 0.2) is 52.9 Å². The highest BCUT2D eigenvalue weighted by atomic mass is 16.5. The number of hydrogen-bond donors (Lipinski definition) is 2. The van der Waals surface area contributed by atoms with Crippen LogP contribution in [0.4, 0.5) is 4.79 Å². The molecule has 0 radical (unpaired) electrons. The van der Waals surface area contributed by atoms with Crippen LogP contribution in [0.25, 0.3) is 11.5 Å². The molecule has 1 aromatic heterocycles. The molecule has 186 valence electrons. The highest BCUT2D eigenvalue weighted by Crippen LogP contribution is 2.38. The number of imide groups is 2. The molecule has 0 spiro atoms. The van der Waals surface area contributed by atoms with Gasteiger partial charge < -0.3 is 13.9 Å². The average molecular weight is 491 g/mol. The molecule has 1 aliphatic heterocycles. The molecule has 1 aliphatic carbocycles. The van der Waals surface area contributed by atoms with Crippen molar-refractivity contribution in [2.24, 2.45) is 5.92 Å². The van der Waals surface area contributed by atoms with E-state index < -0.39 is 23.4 Å². The quantitative estimate of drug-likeness (QED) is 0.472. The number of urea groups is 1. The molecule has 10 heteroatoms. The summed E-state index contributed by atoms with van der Waals surface area (Å²) < 4.78 is 17.6. The Bertz CT molecular complexity index is 1240. The lowest BCUT2D eigenvalue weighted by atomic mass is 9.75. The molecule has 2 heterocycles. The fourth-order valence-corrected chi connectivity index (χ4v) is 4.66. The Kier molecular flexibility index (Phi) is 6.41. The smallest absolute Gasteiger partial charge is 0.328 e. The number of carbonyl (C=O) groups excluding carboxylic acids is 3. The van der Waals surface area contributed by atoms with Crippen molar-refractivity contribution in [2.75, 3.05) is 0 Å². The van der Waals surface area contributed by atoms with E-state index in [-0.39, 0.29) is 5.92 Å². The Morgan fingerprint density at radius 2 is 1.44 bits per heavy atom. The first kappa shape index (κ1) is 23.5. The minimum Gasteiger partial charge on any atom is -0.467 e. The number of aryl methyl sites for hydroxylation is 1. The second-order valence-electron chi connectivity index (χ2n) is 8.86. The number of carbonyl (C=O) groups is 3. The highest BCUT2D eigenvalue weighted by molar-refractivity contribution is 6.22. The zero-order chi connectivity index (χ0) is 25.1. The summed E-state index contributed by atoms with van der Waals surface area (Å²) in [7, 11) is 0. The van der Waals surface area contributed by atoms with E-state index in [1.54, 1.807) is 36.4 Å². The fourth-order valence-electron chi connectivity index (χ4n) is 4.66. The Balaban J connectivity index is 1.31. The van der Waals surface area contributed by atoms with Gasteiger partial charge in [-0.3, -0.25) is 20.2 Å². The first-order chi connectivity index (χ1) is 17.5. The van der Waals surface area contributed by atoms with Gasteiger partial charge in [0.25, 0.3) is 17.4 Å². The first-order valence-electron chi connectivity index (χ1n) is 12.0. The molecule has 2 aliphatic rings. The zero-order valence-electron chi connectivity index (χ0n) is 19.8. The number of nitrogens with zero attached hydrogens (tertiary/aromatic N) is 2. The van der Waals surface area contributed by atoms with Crippen molar-refractivity contribution >= 4 is 17.8 Å². The first-order valence-corrected chi connectivity index (χ1v) is 12.0. The second-order valence-corrected chi connectivity index (χ2v) is 8.86. The van der Waals surface area contributed by atoms with Gasteiger partial charge in [-0.25, -0.2) is 4.79 Å². The van der Waals surface area contributed by atoms with Crippen molar-refractivity contribution < 1.29 is 28.3 Å². The fraction of sp³-hybridized carbons (Fsp3) is 0.346. The van der Waals surface area contributed by atoms with Gasteiger partial charge in [-0.15, -0.1) is 10.2 Å². The topological polar surface area (TPSA) is 133 Å². The summed E-state index contributed by atoms with van der Waals surface area (Å²) in [5, 5.41) is 12.4. The molecule has 0 atom stereocenters. The van der Waals surface area contributed by atoms with E-state index in [2.05, 4.69) is 20.8 Å². The van der Waals surface area contributed by atoms with Gasteiger partial charge in [0.2, 0.25) is 11.8 Å². The van der Waals surface area contributed by atoms with Gasteiger partial charge in [0.15, 0.2) is 0 Å². The van der Waals surface area contributed by atoms with E-state index in [0.717, 1.165) is 24.8 Å². The third-order valence-corrected chi connectivity index (χ3v) is 6.52. The molecule has 36 heavy (non-hydrogen) atoms. The van der Waals surface area contributed by atoms with Crippen LogP contribution in [0.5, 0.6) is 17.2 Å².